The van der Waals surface area contributed by atoms with Crippen molar-refractivity contribution in [1.29, 1.82) is 0 Å². The zero-order valence-corrected chi connectivity index (χ0v) is 46.8. The molecule has 69 heavy (non-hydrogen) atoms. The van der Waals surface area contributed by atoms with Crippen LogP contribution in [-0.2, 0) is 14.3 Å². The van der Waals surface area contributed by atoms with Crippen molar-refractivity contribution in [3.63, 3.8) is 0 Å². The fourth-order valence-corrected chi connectivity index (χ4v) is 9.99. The van der Waals surface area contributed by atoms with Gasteiger partial charge in [0.15, 0.2) is 0 Å². The Kier molecular flexibility index (Phi) is 58.0. The number of unbranched alkanes of at least 4 members (excludes halogenated alkanes) is 46. The molecule has 2 unspecified atom stereocenters. The van der Waals surface area contributed by atoms with Crippen molar-refractivity contribution in [2.75, 3.05) is 13.2 Å². The molecule has 0 saturated heterocycles. The van der Waals surface area contributed by atoms with Crippen LogP contribution in [0.25, 0.3) is 0 Å². The third-order valence-corrected chi connectivity index (χ3v) is 14.8. The van der Waals surface area contributed by atoms with E-state index in [1.807, 2.05) is 0 Å². The number of aliphatic hydroxyl groups is 2. The number of carbonyl (C=O) groups excluding carboxylic acids is 2. The van der Waals surface area contributed by atoms with Gasteiger partial charge in [-0.3, -0.25) is 9.59 Å². The first-order valence-electron chi connectivity index (χ1n) is 31.4. The Hall–Kier alpha value is -1.40. The monoisotopic (exact) mass is 974 g/mol. The van der Waals surface area contributed by atoms with Gasteiger partial charge in [0.1, 0.15) is 0 Å². The number of hydrogen-bond donors (Lipinski definition) is 3. The van der Waals surface area contributed by atoms with Crippen molar-refractivity contribution in [1.82, 2.24) is 5.32 Å². The van der Waals surface area contributed by atoms with Crippen molar-refractivity contribution in [2.24, 2.45) is 0 Å². The van der Waals surface area contributed by atoms with Gasteiger partial charge in [0.2, 0.25) is 5.91 Å². The van der Waals surface area contributed by atoms with E-state index in [1.165, 1.54) is 250 Å². The summed E-state index contributed by atoms with van der Waals surface area (Å²) in [6, 6.07) is -0.562. The molecule has 0 aromatic heterocycles. The van der Waals surface area contributed by atoms with Crippen LogP contribution in [0.1, 0.15) is 354 Å². The van der Waals surface area contributed by atoms with Crippen LogP contribution in [0.4, 0.5) is 0 Å². The SMILES string of the molecule is CCCCCCCCCCCCCCCCCCCCCCCCCC(O)C(CO)NC(=O)CCCCC/C=C\CCCCCCCCOC(=O)CCCCCCCCCCCCCCCCCC. The number of ether oxygens (including phenoxy) is 1. The predicted octanol–water partition coefficient (Wildman–Crippen LogP) is 19.6. The molecule has 0 bridgehead atoms. The number of aliphatic hydroxyl groups excluding tert-OH is 2. The van der Waals surface area contributed by atoms with Gasteiger partial charge in [0.05, 0.1) is 25.4 Å². The molecule has 6 heteroatoms. The highest BCUT2D eigenvalue weighted by atomic mass is 16.5. The summed E-state index contributed by atoms with van der Waals surface area (Å²) >= 11 is 0. The van der Waals surface area contributed by atoms with Crippen LogP contribution in [0.3, 0.4) is 0 Å². The molecule has 410 valence electrons. The minimum atomic E-state index is -0.682. The molecule has 0 fully saturated rings. The van der Waals surface area contributed by atoms with Gasteiger partial charge in [-0.05, 0) is 51.4 Å². The van der Waals surface area contributed by atoms with Gasteiger partial charge in [-0.1, -0.05) is 302 Å². The van der Waals surface area contributed by atoms with E-state index in [0.29, 0.717) is 25.9 Å². The minimum absolute atomic E-state index is 0.00784. The molecular weight excluding hydrogens is 851 g/mol. The summed E-state index contributed by atoms with van der Waals surface area (Å²) in [5.74, 6) is -0.0683. The third kappa shape index (κ3) is 55.8. The number of amides is 1. The Balaban J connectivity index is 3.46. The van der Waals surface area contributed by atoms with Crippen LogP contribution in [0, 0.1) is 0 Å². The lowest BCUT2D eigenvalue weighted by molar-refractivity contribution is -0.143. The molecule has 0 radical (unpaired) electrons. The van der Waals surface area contributed by atoms with Gasteiger partial charge in [0.25, 0.3) is 0 Å². The van der Waals surface area contributed by atoms with Gasteiger partial charge in [-0.15, -0.1) is 0 Å². The molecule has 0 aliphatic rings. The first-order valence-corrected chi connectivity index (χ1v) is 31.4. The molecule has 0 aliphatic heterocycles. The van der Waals surface area contributed by atoms with E-state index < -0.39 is 12.1 Å². The molecule has 3 N–H and O–H groups in total. The molecule has 0 saturated carbocycles. The van der Waals surface area contributed by atoms with E-state index in [1.54, 1.807) is 0 Å². The molecule has 1 amide bonds. The number of hydrogen-bond acceptors (Lipinski definition) is 5. The summed E-state index contributed by atoms with van der Waals surface area (Å²) in [7, 11) is 0. The van der Waals surface area contributed by atoms with Gasteiger partial charge in [0, 0.05) is 12.8 Å². The predicted molar refractivity (Wildman–Crippen MR) is 301 cm³/mol. The van der Waals surface area contributed by atoms with Crippen molar-refractivity contribution in [3.8, 4) is 0 Å². The molecular formula is C63H123NO5. The fourth-order valence-electron chi connectivity index (χ4n) is 9.99. The Morgan fingerprint density at radius 2 is 0.681 bits per heavy atom. The van der Waals surface area contributed by atoms with Crippen molar-refractivity contribution < 1.29 is 24.5 Å². The largest absolute Gasteiger partial charge is 0.466 e. The van der Waals surface area contributed by atoms with E-state index >= 15 is 0 Å². The van der Waals surface area contributed by atoms with E-state index in [9.17, 15) is 19.8 Å². The Bertz CT molecular complexity index is 1030. The average molecular weight is 975 g/mol. The van der Waals surface area contributed by atoms with Crippen LogP contribution in [0.2, 0.25) is 0 Å². The molecule has 0 aromatic carbocycles. The van der Waals surface area contributed by atoms with Gasteiger partial charge in [-0.25, -0.2) is 0 Å². The van der Waals surface area contributed by atoms with Gasteiger partial charge >= 0.3 is 5.97 Å². The van der Waals surface area contributed by atoms with Crippen molar-refractivity contribution in [2.45, 2.75) is 366 Å². The summed E-state index contributed by atoms with van der Waals surface area (Å²) in [5.41, 5.74) is 0. The highest BCUT2D eigenvalue weighted by Gasteiger charge is 2.20. The lowest BCUT2D eigenvalue weighted by atomic mass is 10.0. The second-order valence-electron chi connectivity index (χ2n) is 21.7. The number of nitrogens with one attached hydrogen (secondary N) is 1. The topological polar surface area (TPSA) is 95.9 Å². The molecule has 0 spiro atoms. The zero-order valence-electron chi connectivity index (χ0n) is 46.8. The van der Waals surface area contributed by atoms with E-state index in [-0.39, 0.29) is 18.5 Å². The molecule has 0 aliphatic carbocycles. The minimum Gasteiger partial charge on any atom is -0.466 e. The van der Waals surface area contributed by atoms with Gasteiger partial charge < -0.3 is 20.3 Å². The molecule has 0 rings (SSSR count). The summed E-state index contributed by atoms with van der Waals surface area (Å²) in [5, 5.41) is 23.4. The number of esters is 1. The molecule has 0 aromatic rings. The van der Waals surface area contributed by atoms with Crippen LogP contribution in [0.15, 0.2) is 12.2 Å². The van der Waals surface area contributed by atoms with Crippen molar-refractivity contribution in [3.05, 3.63) is 12.2 Å². The fraction of sp³-hybridized carbons (Fsp3) is 0.937. The van der Waals surface area contributed by atoms with E-state index in [4.69, 9.17) is 4.74 Å². The van der Waals surface area contributed by atoms with E-state index in [0.717, 1.165) is 70.6 Å². The van der Waals surface area contributed by atoms with Crippen LogP contribution in [0.5, 0.6) is 0 Å². The smallest absolute Gasteiger partial charge is 0.305 e. The maximum absolute atomic E-state index is 12.5. The van der Waals surface area contributed by atoms with Gasteiger partial charge in [-0.2, -0.15) is 0 Å². The number of allylic oxidation sites excluding steroid dienone is 2. The highest BCUT2D eigenvalue weighted by molar-refractivity contribution is 5.76. The standard InChI is InChI=1S/C63H123NO5/c1-3-5-7-9-11-13-15-17-19-21-22-23-24-25-26-27-28-31-35-39-43-47-51-55-61(66)60(59-65)64-62(67)56-52-48-44-40-36-32-30-34-38-42-46-50-54-58-69-63(68)57-53-49-45-41-37-33-29-20-18-16-14-12-10-8-6-4-2/h32,36,60-61,65-66H,3-31,33-35,37-59H2,1-2H3,(H,64,67)/b36-32-. The number of carbonyl (C=O) groups is 2. The van der Waals surface area contributed by atoms with Crippen LogP contribution >= 0.6 is 0 Å². The van der Waals surface area contributed by atoms with E-state index in [2.05, 4.69) is 31.3 Å². The van der Waals surface area contributed by atoms with Crippen molar-refractivity contribution >= 4 is 11.9 Å². The molecule has 2 atom stereocenters. The quantitative estimate of drug-likeness (QED) is 0.0321. The first kappa shape index (κ1) is 67.6. The highest BCUT2D eigenvalue weighted by Crippen LogP contribution is 2.18. The summed E-state index contributed by atoms with van der Waals surface area (Å²) in [6.07, 6.45) is 70.8. The normalized spacial score (nSPS) is 12.6. The lowest BCUT2D eigenvalue weighted by Crippen LogP contribution is -2.45. The maximum atomic E-state index is 12.5. The Morgan fingerprint density at radius 1 is 0.391 bits per heavy atom. The first-order chi connectivity index (χ1) is 34.0. The summed E-state index contributed by atoms with van der Waals surface area (Å²) in [6.45, 7) is 4.95. The van der Waals surface area contributed by atoms with Crippen LogP contribution in [-0.4, -0.2) is 47.4 Å². The summed E-state index contributed by atoms with van der Waals surface area (Å²) < 4.78 is 5.48. The second kappa shape index (κ2) is 59.2. The van der Waals surface area contributed by atoms with Crippen LogP contribution < -0.4 is 5.32 Å². The Morgan fingerprint density at radius 3 is 1.04 bits per heavy atom. The Labute approximate surface area is 431 Å². The average Bonchev–Trinajstić information content (AvgIpc) is 3.35. The number of rotatable bonds is 59. The second-order valence-corrected chi connectivity index (χ2v) is 21.7. The zero-order chi connectivity index (χ0) is 50.0. The lowest BCUT2D eigenvalue weighted by Gasteiger charge is -2.22. The maximum Gasteiger partial charge on any atom is 0.305 e. The molecule has 6 nitrogen and oxygen atoms in total. The molecule has 0 heterocycles. The third-order valence-electron chi connectivity index (χ3n) is 14.8. The summed E-state index contributed by atoms with van der Waals surface area (Å²) in [4.78, 5) is 24.6.